The van der Waals surface area contributed by atoms with E-state index < -0.39 is 50.5 Å². The van der Waals surface area contributed by atoms with Crippen molar-refractivity contribution < 1.29 is 70.8 Å². The van der Waals surface area contributed by atoms with Crippen molar-refractivity contribution in [3.63, 3.8) is 0 Å². The molecule has 0 heterocycles. The molecule has 0 saturated carbocycles. The van der Waals surface area contributed by atoms with Gasteiger partial charge in [0.25, 0.3) is 12.2 Å². The molecule has 0 aromatic heterocycles. The maximum absolute atomic E-state index is 12.6. The van der Waals surface area contributed by atoms with Crippen molar-refractivity contribution in [2.75, 3.05) is 0 Å². The molecule has 0 aliphatic rings. The van der Waals surface area contributed by atoms with Gasteiger partial charge in [-0.1, -0.05) is 18.2 Å². The number of rotatable bonds is 6. The molecule has 0 radical (unpaired) electrons. The fraction of sp³-hybridized carbons (Fsp3) is 0.500. The van der Waals surface area contributed by atoms with E-state index in [9.17, 15) is 57.3 Å². The quantitative estimate of drug-likeness (QED) is 0.364. The molecule has 1 rings (SSSR count). The first-order valence-corrected chi connectivity index (χ1v) is 8.20. The van der Waals surface area contributed by atoms with E-state index in [1.165, 1.54) is 6.07 Å². The number of phosphoric ester groups is 1. The van der Waals surface area contributed by atoms with Crippen LogP contribution in [0.1, 0.15) is 0 Å². The molecule has 0 aliphatic carbocycles. The van der Waals surface area contributed by atoms with Crippen LogP contribution in [-0.2, 0) is 13.6 Å². The van der Waals surface area contributed by atoms with Crippen molar-refractivity contribution in [3.8, 4) is 5.75 Å². The standard InChI is InChI=1S/C12H7F12O4P/c13-9(14,15)7(10(16,17)18)27-29(25,26-6-4-2-1-3-5-6)28-8(11(19,20)21)12(22,23)24/h1-5,7-8H. The molecule has 0 amide bonds. The van der Waals surface area contributed by atoms with Gasteiger partial charge in [-0.05, 0) is 12.1 Å². The lowest BCUT2D eigenvalue weighted by Gasteiger charge is -2.30. The molecule has 17 heteroatoms. The van der Waals surface area contributed by atoms with Gasteiger partial charge < -0.3 is 4.52 Å². The molecule has 0 unspecified atom stereocenters. The molecule has 29 heavy (non-hydrogen) atoms. The maximum atomic E-state index is 12.6. The Bertz CT molecular complexity index is 643. The second-order valence-corrected chi connectivity index (χ2v) is 6.49. The Hall–Kier alpha value is -1.67. The molecule has 0 saturated heterocycles. The fourth-order valence-electron chi connectivity index (χ4n) is 1.55. The number of benzene rings is 1. The summed E-state index contributed by atoms with van der Waals surface area (Å²) in [5.41, 5.74) is 0. The topological polar surface area (TPSA) is 44.8 Å². The van der Waals surface area contributed by atoms with Crippen LogP contribution in [0, 0.1) is 0 Å². The van der Waals surface area contributed by atoms with Gasteiger partial charge in [-0.25, -0.2) is 4.57 Å². The van der Waals surface area contributed by atoms with Crippen molar-refractivity contribution in [1.82, 2.24) is 0 Å². The van der Waals surface area contributed by atoms with Gasteiger partial charge in [-0.2, -0.15) is 52.7 Å². The Morgan fingerprint density at radius 1 is 0.621 bits per heavy atom. The lowest BCUT2D eigenvalue weighted by atomic mass is 10.3. The number of alkyl halides is 12. The second kappa shape index (κ2) is 8.22. The molecule has 4 nitrogen and oxygen atoms in total. The van der Waals surface area contributed by atoms with Crippen LogP contribution in [0.15, 0.2) is 30.3 Å². The van der Waals surface area contributed by atoms with E-state index in [0.29, 0.717) is 12.1 Å². The third-order valence-corrected chi connectivity index (χ3v) is 3.99. The summed E-state index contributed by atoms with van der Waals surface area (Å²) in [6, 6.07) is 4.37. The summed E-state index contributed by atoms with van der Waals surface area (Å²) in [7, 11) is -6.82. The van der Waals surface area contributed by atoms with Gasteiger partial charge in [-0.3, -0.25) is 9.05 Å². The summed E-state index contributed by atoms with van der Waals surface area (Å²) in [6.07, 6.45) is -35.9. The first-order valence-electron chi connectivity index (χ1n) is 6.74. The van der Waals surface area contributed by atoms with Crippen LogP contribution in [0.5, 0.6) is 5.75 Å². The average Bonchev–Trinajstić information content (AvgIpc) is 2.47. The minimum atomic E-state index is -6.82. The van der Waals surface area contributed by atoms with E-state index in [1.54, 1.807) is 0 Å². The Morgan fingerprint density at radius 2 is 0.931 bits per heavy atom. The van der Waals surface area contributed by atoms with Crippen LogP contribution < -0.4 is 4.52 Å². The van der Waals surface area contributed by atoms with E-state index in [1.807, 2.05) is 0 Å². The summed E-state index contributed by atoms with van der Waals surface area (Å²) < 4.78 is 173. The molecule has 168 valence electrons. The van der Waals surface area contributed by atoms with Crippen LogP contribution in [0.2, 0.25) is 0 Å². The number of hydrogen-bond donors (Lipinski definition) is 0. The molecular formula is C12H7F12O4P. The maximum Gasteiger partial charge on any atom is 0.531 e. The number of phosphoric acid groups is 1. The normalized spacial score (nSPS) is 14.6. The minimum absolute atomic E-state index is 0.645. The van der Waals surface area contributed by atoms with Gasteiger partial charge in [0, 0.05) is 0 Å². The fourth-order valence-corrected chi connectivity index (χ4v) is 3.06. The lowest BCUT2D eigenvalue weighted by molar-refractivity contribution is -0.316. The van der Waals surface area contributed by atoms with Crippen molar-refractivity contribution in [2.24, 2.45) is 0 Å². The predicted molar refractivity (Wildman–Crippen MR) is 68.6 cm³/mol. The number of halogens is 12. The molecule has 1 aromatic carbocycles. The van der Waals surface area contributed by atoms with Crippen LogP contribution in [0.3, 0.4) is 0 Å². The molecular weight excluding hydrogens is 467 g/mol. The molecule has 0 aliphatic heterocycles. The van der Waals surface area contributed by atoms with Crippen molar-refractivity contribution >= 4 is 7.82 Å². The van der Waals surface area contributed by atoms with Crippen LogP contribution in [0.25, 0.3) is 0 Å². The zero-order chi connectivity index (χ0) is 22.9. The monoisotopic (exact) mass is 474 g/mol. The van der Waals surface area contributed by atoms with E-state index in [4.69, 9.17) is 0 Å². The summed E-state index contributed by atoms with van der Waals surface area (Å²) in [5, 5.41) is 0. The Kier molecular flexibility index (Phi) is 7.19. The third-order valence-electron chi connectivity index (χ3n) is 2.62. The van der Waals surface area contributed by atoms with Crippen molar-refractivity contribution in [2.45, 2.75) is 36.9 Å². The molecule has 0 fully saturated rings. The van der Waals surface area contributed by atoms with Crippen LogP contribution in [0.4, 0.5) is 52.7 Å². The Balaban J connectivity index is 3.44. The zero-order valence-corrected chi connectivity index (χ0v) is 14.1. The lowest BCUT2D eigenvalue weighted by Crippen LogP contribution is -2.47. The molecule has 0 N–H and O–H groups in total. The molecule has 0 atom stereocenters. The summed E-state index contributed by atoms with van der Waals surface area (Å²) in [6.45, 7) is 0. The van der Waals surface area contributed by atoms with Gasteiger partial charge in [0.05, 0.1) is 0 Å². The zero-order valence-electron chi connectivity index (χ0n) is 13.2. The highest BCUT2D eigenvalue weighted by molar-refractivity contribution is 7.49. The van der Waals surface area contributed by atoms with Crippen LogP contribution >= 0.6 is 7.82 Å². The van der Waals surface area contributed by atoms with Gasteiger partial charge in [0.2, 0.25) is 0 Å². The number of hydrogen-bond acceptors (Lipinski definition) is 4. The van der Waals surface area contributed by atoms with Gasteiger partial charge in [0.15, 0.2) is 0 Å². The SMILES string of the molecule is O=P(Oc1ccccc1)(OC(C(F)(F)F)C(F)(F)F)OC(C(F)(F)F)C(F)(F)F. The Labute approximate surface area is 152 Å². The summed E-state index contributed by atoms with van der Waals surface area (Å²) in [4.78, 5) is 0. The molecule has 1 aromatic rings. The largest absolute Gasteiger partial charge is 0.531 e. The third kappa shape index (κ3) is 7.59. The average molecular weight is 474 g/mol. The smallest absolute Gasteiger partial charge is 0.404 e. The summed E-state index contributed by atoms with van der Waals surface area (Å²) >= 11 is 0. The predicted octanol–water partition coefficient (Wildman–Crippen LogP) is 6.19. The van der Waals surface area contributed by atoms with Crippen molar-refractivity contribution in [3.05, 3.63) is 30.3 Å². The highest BCUT2D eigenvalue weighted by atomic mass is 31.2. The minimum Gasteiger partial charge on any atom is -0.404 e. The first kappa shape index (κ1) is 25.4. The first-order chi connectivity index (χ1) is 12.8. The molecule has 0 spiro atoms. The van der Waals surface area contributed by atoms with E-state index >= 15 is 0 Å². The Morgan fingerprint density at radius 3 is 1.21 bits per heavy atom. The van der Waals surface area contributed by atoms with E-state index in [-0.39, 0.29) is 0 Å². The highest BCUT2D eigenvalue weighted by Gasteiger charge is 2.65. The van der Waals surface area contributed by atoms with Crippen molar-refractivity contribution in [1.29, 1.82) is 0 Å². The molecule has 0 bridgehead atoms. The van der Waals surface area contributed by atoms with Crippen LogP contribution in [-0.4, -0.2) is 36.9 Å². The van der Waals surface area contributed by atoms with Gasteiger partial charge >= 0.3 is 32.5 Å². The summed E-state index contributed by atoms with van der Waals surface area (Å²) in [5.74, 6) is -0.998. The second-order valence-electron chi connectivity index (χ2n) is 4.99. The highest BCUT2D eigenvalue weighted by Crippen LogP contribution is 2.58. The van der Waals surface area contributed by atoms with Gasteiger partial charge in [-0.15, -0.1) is 0 Å². The van der Waals surface area contributed by atoms with E-state index in [2.05, 4.69) is 13.6 Å². The van der Waals surface area contributed by atoms with E-state index in [0.717, 1.165) is 12.1 Å². The number of para-hydroxylation sites is 1. The van der Waals surface area contributed by atoms with Gasteiger partial charge in [0.1, 0.15) is 5.75 Å².